The highest BCUT2D eigenvalue weighted by molar-refractivity contribution is 5.69. The predicted octanol–water partition coefficient (Wildman–Crippen LogP) is 1.09. The molecule has 0 saturated carbocycles. The van der Waals surface area contributed by atoms with Crippen LogP contribution in [-0.2, 0) is 24.2 Å². The zero-order chi connectivity index (χ0) is 13.4. The van der Waals surface area contributed by atoms with Gasteiger partial charge in [0.2, 0.25) is 0 Å². The normalized spacial score (nSPS) is 12.6. The first-order valence-corrected chi connectivity index (χ1v) is 6.06. The van der Waals surface area contributed by atoms with E-state index in [4.69, 9.17) is 5.11 Å². The lowest BCUT2D eigenvalue weighted by Gasteiger charge is -2.19. The van der Waals surface area contributed by atoms with E-state index in [0.717, 1.165) is 34.3 Å². The van der Waals surface area contributed by atoms with E-state index in [2.05, 4.69) is 5.10 Å². The highest BCUT2D eigenvalue weighted by Crippen LogP contribution is 2.30. The molecule has 1 aromatic heterocycles. The quantitative estimate of drug-likeness (QED) is 0.873. The molecular formula is C14H12N2O3. The Bertz CT molecular complexity index is 719. The van der Waals surface area contributed by atoms with Crippen molar-refractivity contribution in [2.45, 2.75) is 19.4 Å². The largest absolute Gasteiger partial charge is 0.480 e. The Morgan fingerprint density at radius 1 is 1.26 bits per heavy atom. The summed E-state index contributed by atoms with van der Waals surface area (Å²) in [4.78, 5) is 22.5. The highest BCUT2D eigenvalue weighted by Gasteiger charge is 2.19. The number of hydrogen-bond acceptors (Lipinski definition) is 3. The lowest BCUT2D eigenvalue weighted by molar-refractivity contribution is -0.138. The van der Waals surface area contributed by atoms with Crippen LogP contribution in [-0.4, -0.2) is 20.9 Å². The Kier molecular flexibility index (Phi) is 2.67. The third-order valence-electron chi connectivity index (χ3n) is 3.30. The molecule has 0 aliphatic heterocycles. The van der Waals surface area contributed by atoms with Crippen molar-refractivity contribution in [3.63, 3.8) is 0 Å². The minimum absolute atomic E-state index is 0.361. The molecule has 96 valence electrons. The maximum absolute atomic E-state index is 11.8. The molecule has 1 heterocycles. The van der Waals surface area contributed by atoms with Gasteiger partial charge >= 0.3 is 5.97 Å². The first kappa shape index (κ1) is 11.6. The molecular weight excluding hydrogens is 244 g/mol. The Labute approximate surface area is 109 Å². The van der Waals surface area contributed by atoms with Gasteiger partial charge in [0.1, 0.15) is 6.54 Å². The second-order valence-electron chi connectivity index (χ2n) is 4.56. The number of rotatable bonds is 2. The Hall–Kier alpha value is -2.43. The number of carboxylic acids is 1. The van der Waals surface area contributed by atoms with Gasteiger partial charge in [-0.3, -0.25) is 9.59 Å². The van der Waals surface area contributed by atoms with Crippen LogP contribution in [0.25, 0.3) is 11.3 Å². The first-order valence-electron chi connectivity index (χ1n) is 6.06. The van der Waals surface area contributed by atoms with E-state index in [1.165, 1.54) is 11.6 Å². The summed E-state index contributed by atoms with van der Waals surface area (Å²) in [5.74, 6) is -1.07. The van der Waals surface area contributed by atoms with Gasteiger partial charge in [0.25, 0.3) is 5.56 Å². The van der Waals surface area contributed by atoms with E-state index in [-0.39, 0.29) is 5.56 Å². The molecule has 19 heavy (non-hydrogen) atoms. The molecule has 0 amide bonds. The third-order valence-corrected chi connectivity index (χ3v) is 3.30. The van der Waals surface area contributed by atoms with Gasteiger partial charge in [-0.05, 0) is 24.0 Å². The molecule has 0 radical (unpaired) electrons. The summed E-state index contributed by atoms with van der Waals surface area (Å²) < 4.78 is 1.00. The van der Waals surface area contributed by atoms with Gasteiger partial charge in [-0.2, -0.15) is 5.10 Å². The average Bonchev–Trinajstić information content (AvgIpc) is 2.39. The molecule has 0 atom stereocenters. The lowest BCUT2D eigenvalue weighted by Crippen LogP contribution is -2.28. The molecule has 0 unspecified atom stereocenters. The summed E-state index contributed by atoms with van der Waals surface area (Å²) in [7, 11) is 0. The topological polar surface area (TPSA) is 72.2 Å². The summed E-state index contributed by atoms with van der Waals surface area (Å²) in [6.07, 6.45) is 1.65. The minimum Gasteiger partial charge on any atom is -0.480 e. The molecule has 1 N–H and O–H groups in total. The van der Waals surface area contributed by atoms with Crippen molar-refractivity contribution < 1.29 is 9.90 Å². The highest BCUT2D eigenvalue weighted by atomic mass is 16.4. The molecule has 1 aliphatic rings. The van der Waals surface area contributed by atoms with Crippen molar-refractivity contribution in [3.8, 4) is 11.3 Å². The fourth-order valence-electron chi connectivity index (χ4n) is 2.42. The summed E-state index contributed by atoms with van der Waals surface area (Å²) in [5, 5.41) is 13.0. The monoisotopic (exact) mass is 256 g/mol. The van der Waals surface area contributed by atoms with Crippen molar-refractivity contribution >= 4 is 5.97 Å². The van der Waals surface area contributed by atoms with Gasteiger partial charge in [0, 0.05) is 11.6 Å². The van der Waals surface area contributed by atoms with E-state index in [1.807, 2.05) is 24.3 Å². The summed E-state index contributed by atoms with van der Waals surface area (Å²) in [6, 6.07) is 9.38. The number of aromatic nitrogens is 2. The van der Waals surface area contributed by atoms with Crippen LogP contribution in [0, 0.1) is 0 Å². The van der Waals surface area contributed by atoms with Crippen LogP contribution in [0.1, 0.15) is 11.1 Å². The number of benzene rings is 1. The van der Waals surface area contributed by atoms with Gasteiger partial charge in [0.15, 0.2) is 0 Å². The van der Waals surface area contributed by atoms with Crippen molar-refractivity contribution in [2.75, 3.05) is 0 Å². The van der Waals surface area contributed by atoms with E-state index in [0.29, 0.717) is 0 Å². The smallest absolute Gasteiger partial charge is 0.325 e. The second kappa shape index (κ2) is 4.35. The average molecular weight is 256 g/mol. The molecule has 5 heteroatoms. The Morgan fingerprint density at radius 3 is 2.79 bits per heavy atom. The maximum atomic E-state index is 11.8. The number of nitrogens with zero attached hydrogens (tertiary/aromatic N) is 2. The van der Waals surface area contributed by atoms with Crippen molar-refractivity contribution in [1.29, 1.82) is 0 Å². The van der Waals surface area contributed by atoms with E-state index >= 15 is 0 Å². The number of carbonyl (C=O) groups is 1. The van der Waals surface area contributed by atoms with Gasteiger partial charge < -0.3 is 5.11 Å². The van der Waals surface area contributed by atoms with Gasteiger partial charge in [-0.15, -0.1) is 0 Å². The molecule has 0 spiro atoms. The zero-order valence-electron chi connectivity index (χ0n) is 10.2. The van der Waals surface area contributed by atoms with Crippen LogP contribution in [0.15, 0.2) is 35.1 Å². The minimum atomic E-state index is -1.07. The van der Waals surface area contributed by atoms with E-state index in [9.17, 15) is 9.59 Å². The number of hydrogen-bond donors (Lipinski definition) is 1. The molecule has 0 saturated heterocycles. The molecule has 1 aromatic carbocycles. The van der Waals surface area contributed by atoms with Crippen LogP contribution in [0.4, 0.5) is 0 Å². The predicted molar refractivity (Wildman–Crippen MR) is 69.0 cm³/mol. The Balaban J connectivity index is 2.18. The fourth-order valence-corrected chi connectivity index (χ4v) is 2.42. The van der Waals surface area contributed by atoms with Gasteiger partial charge in [-0.1, -0.05) is 24.3 Å². The van der Waals surface area contributed by atoms with Crippen LogP contribution < -0.4 is 5.56 Å². The number of aliphatic carboxylic acids is 1. The number of fused-ring (bicyclic) bond motifs is 3. The summed E-state index contributed by atoms with van der Waals surface area (Å²) in [6.45, 7) is -0.408. The zero-order valence-corrected chi connectivity index (χ0v) is 10.2. The van der Waals surface area contributed by atoms with Gasteiger partial charge in [-0.25, -0.2) is 4.68 Å². The van der Waals surface area contributed by atoms with Crippen molar-refractivity contribution in [1.82, 2.24) is 9.78 Å². The van der Waals surface area contributed by atoms with Gasteiger partial charge in [0.05, 0.1) is 5.69 Å². The van der Waals surface area contributed by atoms with Crippen LogP contribution in [0.2, 0.25) is 0 Å². The van der Waals surface area contributed by atoms with E-state index < -0.39 is 12.5 Å². The molecule has 0 bridgehead atoms. The summed E-state index contributed by atoms with van der Waals surface area (Å²) in [5.41, 5.74) is 3.43. The maximum Gasteiger partial charge on any atom is 0.325 e. The summed E-state index contributed by atoms with van der Waals surface area (Å²) >= 11 is 0. The van der Waals surface area contributed by atoms with Crippen LogP contribution in [0.5, 0.6) is 0 Å². The molecule has 2 aromatic rings. The second-order valence-corrected chi connectivity index (χ2v) is 4.56. The van der Waals surface area contributed by atoms with Crippen molar-refractivity contribution in [2.24, 2.45) is 0 Å². The molecule has 5 nitrogen and oxygen atoms in total. The van der Waals surface area contributed by atoms with E-state index in [1.54, 1.807) is 0 Å². The SMILES string of the molecule is O=C(O)Cn1nc2c(cc1=O)CCc1ccccc1-2. The standard InChI is InChI=1S/C14H12N2O3/c17-12-7-10-6-5-9-3-1-2-4-11(9)14(10)15-16(12)8-13(18)19/h1-4,7H,5-6,8H2,(H,18,19). The molecule has 3 rings (SSSR count). The number of carboxylic acid groups (broad SMARTS) is 1. The van der Waals surface area contributed by atoms with Crippen LogP contribution in [0.3, 0.4) is 0 Å². The molecule has 0 fully saturated rings. The molecule has 1 aliphatic carbocycles. The third kappa shape index (κ3) is 2.03. The first-order chi connectivity index (χ1) is 9.15. The lowest BCUT2D eigenvalue weighted by atomic mass is 9.90. The fraction of sp³-hybridized carbons (Fsp3) is 0.214. The number of aryl methyl sites for hydroxylation is 2. The van der Waals surface area contributed by atoms with Crippen LogP contribution >= 0.6 is 0 Å². The Morgan fingerprint density at radius 2 is 2.00 bits per heavy atom. The van der Waals surface area contributed by atoms with Crippen molar-refractivity contribution in [3.05, 3.63) is 51.8 Å².